The number of nitrogens with one attached hydrogen (secondary N) is 2. The summed E-state index contributed by atoms with van der Waals surface area (Å²) in [4.78, 5) is 75.5. The summed E-state index contributed by atoms with van der Waals surface area (Å²) in [6.07, 6.45) is 12.0. The third kappa shape index (κ3) is 8.43. The summed E-state index contributed by atoms with van der Waals surface area (Å²) >= 11 is 0. The molecule has 5 aromatic rings. The summed E-state index contributed by atoms with van der Waals surface area (Å²) in [5.74, 6) is 1.43. The minimum absolute atomic E-state index is 0. The predicted octanol–water partition coefficient (Wildman–Crippen LogP) is 4.64. The van der Waals surface area contributed by atoms with E-state index in [-0.39, 0.29) is 42.5 Å². The van der Waals surface area contributed by atoms with Gasteiger partial charge in [-0.25, -0.2) is 4.39 Å². The molecule has 0 saturated carbocycles. The van der Waals surface area contributed by atoms with Crippen molar-refractivity contribution >= 4 is 69.2 Å². The number of carbonyl (C=O) groups is 4. The zero-order valence-corrected chi connectivity index (χ0v) is 37.9. The average Bonchev–Trinajstić information content (AvgIpc) is 3.80. The van der Waals surface area contributed by atoms with Crippen LogP contribution in [0.15, 0.2) is 60.8 Å². The number of hydrogen-bond acceptors (Lipinski definition) is 13. The van der Waals surface area contributed by atoms with E-state index in [1.54, 1.807) is 18.3 Å². The molecule has 2 aromatic heterocycles. The van der Waals surface area contributed by atoms with Gasteiger partial charge in [-0.05, 0) is 67.7 Å². The Bertz CT molecular complexity index is 2820. The summed E-state index contributed by atoms with van der Waals surface area (Å²) in [6.45, 7) is 8.98. The van der Waals surface area contributed by atoms with Crippen LogP contribution >= 0.6 is 12.4 Å². The number of benzene rings is 3. The molecule has 67 heavy (non-hydrogen) atoms. The number of hydrogen-bond donors (Lipinski definition) is 2. The molecule has 17 heteroatoms. The van der Waals surface area contributed by atoms with Gasteiger partial charge in [0.2, 0.25) is 11.8 Å². The molecule has 5 fully saturated rings. The highest BCUT2D eigenvalue weighted by Gasteiger charge is 2.45. The Morgan fingerprint density at radius 1 is 0.806 bits per heavy atom. The van der Waals surface area contributed by atoms with Crippen LogP contribution in [0.2, 0.25) is 0 Å². The van der Waals surface area contributed by atoms with Crippen molar-refractivity contribution in [2.24, 2.45) is 5.92 Å². The topological polar surface area (TPSA) is 156 Å². The smallest absolute Gasteiger partial charge is 0.319 e. The number of piperazine rings is 2. The van der Waals surface area contributed by atoms with Crippen LogP contribution in [0.1, 0.15) is 64.8 Å². The zero-order chi connectivity index (χ0) is 45.1. The number of imide groups is 2. The van der Waals surface area contributed by atoms with Gasteiger partial charge >= 0.3 is 6.01 Å². The molecule has 0 spiro atoms. The van der Waals surface area contributed by atoms with E-state index in [4.69, 9.17) is 26.1 Å². The van der Waals surface area contributed by atoms with Gasteiger partial charge in [-0.2, -0.15) is 9.97 Å². The second-order valence-corrected chi connectivity index (χ2v) is 18.5. The zero-order valence-electron chi connectivity index (χ0n) is 37.1. The summed E-state index contributed by atoms with van der Waals surface area (Å²) in [6, 6.07) is 16.7. The van der Waals surface area contributed by atoms with Crippen LogP contribution in [0.4, 0.5) is 15.9 Å². The lowest BCUT2D eigenvalue weighted by Gasteiger charge is -2.39. The molecular weight excluding hydrogens is 875 g/mol. The molecular formula is C50H52ClFN10O5. The van der Waals surface area contributed by atoms with Crippen LogP contribution in [0.5, 0.6) is 6.01 Å². The molecule has 3 aromatic carbocycles. The molecule has 6 aliphatic heterocycles. The number of anilines is 2. The molecule has 6 aliphatic rings. The second-order valence-electron chi connectivity index (χ2n) is 18.5. The van der Waals surface area contributed by atoms with Crippen LogP contribution in [0, 0.1) is 24.1 Å². The summed E-state index contributed by atoms with van der Waals surface area (Å²) in [7, 11) is 0. The molecule has 2 bridgehead atoms. The standard InChI is InChI=1S/C50H51FN10O5.ClH/c1-2-31-5-3-6-32-7-4-8-37(42(31)32)44-43(51)45-39(26-52-44)46(60-28-33-9-10-34(29-60)53-33)56-50(55-45)66-24-23-57-19-21-58(22-20-57)27-30-15-17-59(18-16-30)35-11-12-36-38(25-35)49(65)61(48(36)64)40-13-14-41(62)54-47(40)63;/h1,3-8,11-12,25-26,30,33-34,40,53H,9-10,13-24,27-29H2,(H,54,62,63);1H. The second kappa shape index (κ2) is 18.4. The lowest BCUT2D eigenvalue weighted by atomic mass is 9.95. The monoisotopic (exact) mass is 926 g/mol. The number of pyridine rings is 1. The van der Waals surface area contributed by atoms with Gasteiger partial charge in [-0.1, -0.05) is 36.3 Å². The molecule has 4 amide bonds. The van der Waals surface area contributed by atoms with Gasteiger partial charge in [-0.3, -0.25) is 39.3 Å². The number of amides is 4. The SMILES string of the molecule is C#Cc1cccc2cccc(-c3ncc4c(N5CC6CCC(C5)N6)nc(OCCN5CCN(CC6CCN(c7ccc8c(c7)C(=O)N(C7CCC(=O)NC7=O)C8=O)CC6)CC5)nc4c3F)c12.Cl. The van der Waals surface area contributed by atoms with Crippen LogP contribution in [-0.2, 0) is 9.59 Å². The Kier molecular flexibility index (Phi) is 12.3. The third-order valence-corrected chi connectivity index (χ3v) is 14.5. The Morgan fingerprint density at radius 2 is 1.54 bits per heavy atom. The molecule has 346 valence electrons. The van der Waals surface area contributed by atoms with E-state index in [0.29, 0.717) is 64.6 Å². The van der Waals surface area contributed by atoms with Gasteiger partial charge in [0.15, 0.2) is 5.82 Å². The fourth-order valence-electron chi connectivity index (χ4n) is 11.0. The minimum Gasteiger partial charge on any atom is -0.462 e. The summed E-state index contributed by atoms with van der Waals surface area (Å²) in [5.41, 5.74) is 3.15. The van der Waals surface area contributed by atoms with Crippen LogP contribution < -0.4 is 25.2 Å². The lowest BCUT2D eigenvalue weighted by molar-refractivity contribution is -0.136. The lowest BCUT2D eigenvalue weighted by Crippen LogP contribution is -2.54. The predicted molar refractivity (Wildman–Crippen MR) is 254 cm³/mol. The van der Waals surface area contributed by atoms with Crippen LogP contribution in [0.3, 0.4) is 0 Å². The minimum atomic E-state index is -0.979. The van der Waals surface area contributed by atoms with Crippen LogP contribution in [-0.4, -0.2) is 143 Å². The highest BCUT2D eigenvalue weighted by Crippen LogP contribution is 2.38. The highest BCUT2D eigenvalue weighted by molar-refractivity contribution is 6.23. The van der Waals surface area contributed by atoms with Crippen molar-refractivity contribution in [2.75, 3.05) is 81.9 Å². The first kappa shape index (κ1) is 44.6. The fraction of sp³-hybridized carbons (Fsp3) is 0.420. The molecule has 2 N–H and O–H groups in total. The van der Waals surface area contributed by atoms with Crippen molar-refractivity contribution in [1.29, 1.82) is 0 Å². The normalized spacial score (nSPS) is 22.6. The largest absolute Gasteiger partial charge is 0.462 e. The van der Waals surface area contributed by atoms with E-state index < -0.39 is 35.5 Å². The molecule has 11 rings (SSSR count). The third-order valence-electron chi connectivity index (χ3n) is 14.5. The first-order chi connectivity index (χ1) is 32.2. The molecule has 0 radical (unpaired) electrons. The molecule has 15 nitrogen and oxygen atoms in total. The highest BCUT2D eigenvalue weighted by atomic mass is 35.5. The molecule has 0 aliphatic carbocycles. The maximum atomic E-state index is 16.9. The van der Waals surface area contributed by atoms with E-state index >= 15 is 4.39 Å². The maximum Gasteiger partial charge on any atom is 0.319 e. The van der Waals surface area contributed by atoms with Crippen molar-refractivity contribution in [3.05, 3.63) is 83.3 Å². The number of nitrogens with zero attached hydrogens (tertiary/aromatic N) is 8. The molecule has 8 heterocycles. The first-order valence-electron chi connectivity index (χ1n) is 23.2. The number of halogens is 2. The average molecular weight is 927 g/mol. The number of ether oxygens (including phenoxy) is 1. The Hall–Kier alpha value is -6.25. The maximum absolute atomic E-state index is 16.9. The van der Waals surface area contributed by atoms with E-state index in [0.717, 1.165) is 106 Å². The van der Waals surface area contributed by atoms with Crippen LogP contribution in [0.25, 0.3) is 32.9 Å². The number of terminal acetylenes is 1. The van der Waals surface area contributed by atoms with Crippen molar-refractivity contribution in [1.82, 2.24) is 40.3 Å². The number of fused-ring (bicyclic) bond motifs is 5. The van der Waals surface area contributed by atoms with Crippen molar-refractivity contribution < 1.29 is 28.3 Å². The van der Waals surface area contributed by atoms with Gasteiger partial charge in [0.1, 0.15) is 29.7 Å². The Balaban J connectivity index is 0.00000525. The van der Waals surface area contributed by atoms with Gasteiger partial charge in [-0.15, -0.1) is 18.8 Å². The van der Waals surface area contributed by atoms with Gasteiger partial charge in [0.05, 0.1) is 16.5 Å². The van der Waals surface area contributed by atoms with E-state index in [1.165, 1.54) is 0 Å². The van der Waals surface area contributed by atoms with E-state index in [9.17, 15) is 19.2 Å². The van der Waals surface area contributed by atoms with Gasteiger partial charge in [0, 0.05) is 112 Å². The van der Waals surface area contributed by atoms with Gasteiger partial charge < -0.3 is 24.8 Å². The van der Waals surface area contributed by atoms with E-state index in [1.807, 2.05) is 42.5 Å². The summed E-state index contributed by atoms with van der Waals surface area (Å²) < 4.78 is 23.2. The number of carbonyl (C=O) groups excluding carboxylic acids is 4. The molecule has 3 unspecified atom stereocenters. The first-order valence-corrected chi connectivity index (χ1v) is 23.2. The number of aromatic nitrogens is 3. The Morgan fingerprint density at radius 3 is 2.28 bits per heavy atom. The van der Waals surface area contributed by atoms with Crippen molar-refractivity contribution in [3.8, 4) is 29.6 Å². The van der Waals surface area contributed by atoms with E-state index in [2.05, 4.69) is 36.2 Å². The molecule has 3 atom stereocenters. The van der Waals surface area contributed by atoms with Gasteiger partial charge in [0.25, 0.3) is 11.8 Å². The van der Waals surface area contributed by atoms with Crippen molar-refractivity contribution in [2.45, 2.75) is 56.7 Å². The summed E-state index contributed by atoms with van der Waals surface area (Å²) in [5, 5.41) is 8.17. The fourth-order valence-corrected chi connectivity index (χ4v) is 11.0. The molecule has 5 saturated heterocycles. The number of rotatable bonds is 10. The van der Waals surface area contributed by atoms with Crippen molar-refractivity contribution in [3.63, 3.8) is 0 Å². The quantitative estimate of drug-likeness (QED) is 0.148. The Labute approximate surface area is 393 Å². The number of piperidine rings is 2.